The highest BCUT2D eigenvalue weighted by Crippen LogP contribution is 2.80. The third-order valence-corrected chi connectivity index (χ3v) is 16.8. The van der Waals surface area contributed by atoms with E-state index in [0.717, 1.165) is 35.5 Å². The Morgan fingerprint density at radius 1 is 0.458 bits per heavy atom. The minimum atomic E-state index is 0.355. The molecule has 0 aliphatic heterocycles. The van der Waals surface area contributed by atoms with Crippen LogP contribution < -0.4 is 4.90 Å². The van der Waals surface area contributed by atoms with E-state index in [1.165, 1.54) is 105 Å². The summed E-state index contributed by atoms with van der Waals surface area (Å²) in [4.78, 5) is 2.47. The number of benzene rings is 7. The molecule has 7 fully saturated rings. The SMILES string of the molecule is CC12CC3CC4C5CC(CC41)CC2(c1ccc(N(c2ccc(-c4ccccc4)cc2)c2ccc(-c4ccc6c(c4)c4ccccc4n6-c4ccccc4)cc2)cc1)C5C3. The Morgan fingerprint density at radius 2 is 0.983 bits per heavy atom. The van der Waals surface area contributed by atoms with Crippen LogP contribution in [0.5, 0.6) is 0 Å². The van der Waals surface area contributed by atoms with Gasteiger partial charge in [0, 0.05) is 38.9 Å². The van der Waals surface area contributed by atoms with E-state index in [-0.39, 0.29) is 0 Å². The molecule has 15 rings (SSSR count). The third-order valence-electron chi connectivity index (χ3n) is 16.8. The van der Waals surface area contributed by atoms with Crippen LogP contribution in [0.15, 0.2) is 176 Å². The number of para-hydroxylation sites is 2. The Bertz CT molecular complexity index is 2870. The lowest BCUT2D eigenvalue weighted by Crippen LogP contribution is -2.74. The van der Waals surface area contributed by atoms with Crippen LogP contribution in [-0.4, -0.2) is 4.57 Å². The average Bonchev–Trinajstić information content (AvgIpc) is 3.63. The van der Waals surface area contributed by atoms with E-state index >= 15 is 0 Å². The Hall–Kier alpha value is -5.86. The molecule has 0 spiro atoms. The van der Waals surface area contributed by atoms with Crippen molar-refractivity contribution in [3.8, 4) is 27.9 Å². The van der Waals surface area contributed by atoms with Gasteiger partial charge >= 0.3 is 0 Å². The number of anilines is 3. The fraction of sp³-hybridized carbons (Fsp3) is 0.263. The first kappa shape index (κ1) is 34.0. The summed E-state index contributed by atoms with van der Waals surface area (Å²) in [6.07, 6.45) is 8.91. The Kier molecular flexibility index (Phi) is 7.26. The normalized spacial score (nSPS) is 28.5. The van der Waals surface area contributed by atoms with Gasteiger partial charge in [0.15, 0.2) is 0 Å². The molecule has 0 saturated heterocycles. The molecule has 1 heterocycles. The number of hydrogen-bond acceptors (Lipinski definition) is 1. The van der Waals surface area contributed by atoms with Crippen molar-refractivity contribution >= 4 is 38.9 Å². The lowest BCUT2D eigenvalue weighted by Gasteiger charge is -2.79. The van der Waals surface area contributed by atoms with Crippen LogP contribution in [0.1, 0.15) is 51.0 Å². The van der Waals surface area contributed by atoms with Gasteiger partial charge in [0.1, 0.15) is 0 Å². The van der Waals surface area contributed by atoms with Gasteiger partial charge in [-0.2, -0.15) is 0 Å². The second-order valence-corrected chi connectivity index (χ2v) is 19.3. The molecule has 0 amide bonds. The van der Waals surface area contributed by atoms with Crippen LogP contribution in [0.4, 0.5) is 17.1 Å². The summed E-state index contributed by atoms with van der Waals surface area (Å²) < 4.78 is 2.39. The molecule has 1 aromatic heterocycles. The van der Waals surface area contributed by atoms with Crippen LogP contribution in [0.3, 0.4) is 0 Å². The molecule has 7 aliphatic rings. The smallest absolute Gasteiger partial charge is 0.0541 e. The molecule has 288 valence electrons. The van der Waals surface area contributed by atoms with E-state index in [9.17, 15) is 0 Å². The first-order valence-corrected chi connectivity index (χ1v) is 22.3. The highest BCUT2D eigenvalue weighted by Gasteiger charge is 2.74. The van der Waals surface area contributed by atoms with E-state index < -0.39 is 0 Å². The maximum atomic E-state index is 2.75. The monoisotopic (exact) mass is 762 g/mol. The molecule has 7 aliphatic carbocycles. The maximum Gasteiger partial charge on any atom is 0.0541 e. The van der Waals surface area contributed by atoms with Crippen LogP contribution in [-0.2, 0) is 5.41 Å². The third kappa shape index (κ3) is 4.81. The second-order valence-electron chi connectivity index (χ2n) is 19.3. The largest absolute Gasteiger partial charge is 0.311 e. The van der Waals surface area contributed by atoms with Gasteiger partial charge in [0.05, 0.1) is 11.0 Å². The highest BCUT2D eigenvalue weighted by atomic mass is 15.1. The first-order chi connectivity index (χ1) is 29.1. The maximum absolute atomic E-state index is 2.75. The molecule has 2 nitrogen and oxygen atoms in total. The van der Waals surface area contributed by atoms with Gasteiger partial charge < -0.3 is 9.47 Å². The molecular formula is C57H50N2. The van der Waals surface area contributed by atoms with E-state index in [2.05, 4.69) is 192 Å². The summed E-state index contributed by atoms with van der Waals surface area (Å²) in [6, 6.07) is 65.8. The molecule has 2 heteroatoms. The van der Waals surface area contributed by atoms with E-state index in [0.29, 0.717) is 10.8 Å². The predicted molar refractivity (Wildman–Crippen MR) is 245 cm³/mol. The lowest BCUT2D eigenvalue weighted by atomic mass is 9.25. The number of hydrogen-bond donors (Lipinski definition) is 0. The first-order valence-electron chi connectivity index (χ1n) is 22.3. The minimum Gasteiger partial charge on any atom is -0.311 e. The molecule has 8 atom stereocenters. The zero-order chi connectivity index (χ0) is 38.9. The van der Waals surface area contributed by atoms with Gasteiger partial charge in [0.2, 0.25) is 0 Å². The van der Waals surface area contributed by atoms with E-state index in [1.54, 1.807) is 5.56 Å². The Morgan fingerprint density at radius 3 is 1.69 bits per heavy atom. The van der Waals surface area contributed by atoms with Crippen molar-refractivity contribution in [2.45, 2.75) is 50.9 Å². The van der Waals surface area contributed by atoms with Crippen molar-refractivity contribution in [2.24, 2.45) is 40.9 Å². The number of aromatic nitrogens is 1. The topological polar surface area (TPSA) is 8.17 Å². The van der Waals surface area contributed by atoms with Gasteiger partial charge in [-0.3, -0.25) is 0 Å². The number of nitrogens with zero attached hydrogens (tertiary/aromatic N) is 2. The molecule has 8 aromatic rings. The predicted octanol–water partition coefficient (Wildman–Crippen LogP) is 14.9. The van der Waals surface area contributed by atoms with E-state index in [4.69, 9.17) is 0 Å². The van der Waals surface area contributed by atoms with Crippen LogP contribution >= 0.6 is 0 Å². The zero-order valence-electron chi connectivity index (χ0n) is 33.8. The van der Waals surface area contributed by atoms with Crippen molar-refractivity contribution in [1.82, 2.24) is 4.57 Å². The summed E-state index contributed by atoms with van der Waals surface area (Å²) in [5, 5.41) is 2.56. The molecule has 7 aromatic carbocycles. The summed E-state index contributed by atoms with van der Waals surface area (Å²) >= 11 is 0. The zero-order valence-corrected chi connectivity index (χ0v) is 33.8. The fourth-order valence-electron chi connectivity index (χ4n) is 14.7. The summed E-state index contributed by atoms with van der Waals surface area (Å²) in [5.74, 6) is 5.70. The Labute approximate surface area is 348 Å². The molecular weight excluding hydrogens is 713 g/mol. The quantitative estimate of drug-likeness (QED) is 0.157. The molecule has 0 radical (unpaired) electrons. The minimum absolute atomic E-state index is 0.355. The van der Waals surface area contributed by atoms with Crippen molar-refractivity contribution in [1.29, 1.82) is 0 Å². The van der Waals surface area contributed by atoms with Crippen molar-refractivity contribution in [3.63, 3.8) is 0 Å². The van der Waals surface area contributed by atoms with Crippen molar-refractivity contribution < 1.29 is 0 Å². The molecule has 7 saturated carbocycles. The molecule has 59 heavy (non-hydrogen) atoms. The number of rotatable bonds is 7. The average molecular weight is 763 g/mol. The van der Waals surface area contributed by atoms with Crippen LogP contribution in [0, 0.1) is 40.9 Å². The standard InChI is InChI=1S/C57H50N2/c1-56-35-37-30-49-50-31-38(32-52(49)56)36-57(56,53(50)33-37)43-21-27-47(28-22-43)58(45-23-16-40(17-24-45)39-10-4-2-5-11-39)46-25-18-41(19-26-46)42-20-29-55-51(34-42)48-14-8-9-15-54(48)59(55)44-12-6-3-7-13-44/h2-29,34,37-38,49-50,52-53H,30-33,35-36H2,1H3. The summed E-state index contributed by atoms with van der Waals surface area (Å²) in [6.45, 7) is 2.75. The van der Waals surface area contributed by atoms with Crippen LogP contribution in [0.25, 0.3) is 49.7 Å². The van der Waals surface area contributed by atoms with Crippen LogP contribution in [0.2, 0.25) is 0 Å². The van der Waals surface area contributed by atoms with Gasteiger partial charge in [-0.15, -0.1) is 0 Å². The molecule has 0 N–H and O–H groups in total. The van der Waals surface area contributed by atoms with Gasteiger partial charge in [-0.05, 0) is 174 Å². The molecule has 8 unspecified atom stereocenters. The fourth-order valence-corrected chi connectivity index (χ4v) is 14.7. The Balaban J connectivity index is 0.887. The van der Waals surface area contributed by atoms with Gasteiger partial charge in [-0.25, -0.2) is 0 Å². The number of fused-ring (bicyclic) bond motifs is 3. The van der Waals surface area contributed by atoms with Gasteiger partial charge in [-0.1, -0.05) is 116 Å². The van der Waals surface area contributed by atoms with Crippen molar-refractivity contribution in [3.05, 3.63) is 181 Å². The molecule has 8 bridgehead atoms. The summed E-state index contributed by atoms with van der Waals surface area (Å²) in [5.41, 5.74) is 14.6. The van der Waals surface area contributed by atoms with E-state index in [1.807, 2.05) is 0 Å². The van der Waals surface area contributed by atoms with Gasteiger partial charge in [0.25, 0.3) is 0 Å². The summed E-state index contributed by atoms with van der Waals surface area (Å²) in [7, 11) is 0. The lowest BCUT2D eigenvalue weighted by molar-refractivity contribution is -0.266. The highest BCUT2D eigenvalue weighted by molar-refractivity contribution is 6.10. The second kappa shape index (κ2) is 12.6. The van der Waals surface area contributed by atoms with Crippen molar-refractivity contribution in [2.75, 3.05) is 4.90 Å².